The van der Waals surface area contributed by atoms with Gasteiger partial charge in [-0.1, -0.05) is 66.7 Å². The molecule has 0 aliphatic carbocycles. The van der Waals surface area contributed by atoms with Crippen molar-refractivity contribution in [1.82, 2.24) is 14.9 Å². The van der Waals surface area contributed by atoms with Gasteiger partial charge in [-0.15, -0.1) is 0 Å². The van der Waals surface area contributed by atoms with Gasteiger partial charge in [-0.25, -0.2) is 4.98 Å². The van der Waals surface area contributed by atoms with Gasteiger partial charge in [-0.2, -0.15) is 0 Å². The van der Waals surface area contributed by atoms with Gasteiger partial charge < -0.3 is 14.8 Å². The average molecular weight is 481 g/mol. The van der Waals surface area contributed by atoms with E-state index in [0.29, 0.717) is 0 Å². The molecule has 4 aromatic rings. The number of carbonyl (C=O) groups is 1. The molecule has 1 aromatic heterocycles. The minimum atomic E-state index is 0.0645. The highest BCUT2D eigenvalue weighted by molar-refractivity contribution is 5.80. The van der Waals surface area contributed by atoms with Crippen molar-refractivity contribution in [2.45, 2.75) is 52.1 Å². The monoisotopic (exact) mass is 480 g/mol. The first kappa shape index (κ1) is 24.1. The van der Waals surface area contributed by atoms with E-state index in [9.17, 15) is 4.79 Å². The molecule has 186 valence electrons. The number of anilines is 1. The number of piperidine rings is 1. The fraction of sp³-hybridized carbons (Fsp3) is 0.355. The smallest absolute Gasteiger partial charge is 0.223 e. The highest BCUT2D eigenvalue weighted by Crippen LogP contribution is 2.28. The Balaban J connectivity index is 1.23. The van der Waals surface area contributed by atoms with E-state index in [-0.39, 0.29) is 17.9 Å². The van der Waals surface area contributed by atoms with Gasteiger partial charge in [-0.3, -0.25) is 4.79 Å². The van der Waals surface area contributed by atoms with Crippen LogP contribution >= 0.6 is 0 Å². The third kappa shape index (κ3) is 5.46. The molecule has 0 radical (unpaired) electrons. The van der Waals surface area contributed by atoms with E-state index >= 15 is 0 Å². The summed E-state index contributed by atoms with van der Waals surface area (Å²) >= 11 is 0. The Morgan fingerprint density at radius 1 is 0.972 bits per heavy atom. The first-order valence-electron chi connectivity index (χ1n) is 13.2. The number of rotatable bonds is 8. The molecule has 0 bridgehead atoms. The summed E-state index contributed by atoms with van der Waals surface area (Å²) in [6, 6.07) is 27.6. The van der Waals surface area contributed by atoms with Crippen LogP contribution in [-0.2, 0) is 17.8 Å². The van der Waals surface area contributed by atoms with Gasteiger partial charge in [0.2, 0.25) is 11.9 Å². The summed E-state index contributed by atoms with van der Waals surface area (Å²) in [6.45, 7) is 6.76. The van der Waals surface area contributed by atoms with Gasteiger partial charge in [0, 0.05) is 25.0 Å². The second-order valence-electron chi connectivity index (χ2n) is 10.1. The van der Waals surface area contributed by atoms with Crippen molar-refractivity contribution >= 4 is 22.9 Å². The van der Waals surface area contributed by atoms with Gasteiger partial charge in [0.05, 0.1) is 17.6 Å². The molecule has 1 aliphatic heterocycles. The number of fused-ring (bicyclic) bond motifs is 1. The molecule has 2 heterocycles. The molecule has 0 saturated carbocycles. The first-order chi connectivity index (χ1) is 17.6. The van der Waals surface area contributed by atoms with E-state index in [1.807, 2.05) is 12.1 Å². The maximum Gasteiger partial charge on any atom is 0.223 e. The van der Waals surface area contributed by atoms with Crippen LogP contribution in [-0.4, -0.2) is 34.6 Å². The van der Waals surface area contributed by atoms with Crippen LogP contribution in [0.5, 0.6) is 0 Å². The Kier molecular flexibility index (Phi) is 7.36. The summed E-state index contributed by atoms with van der Waals surface area (Å²) in [4.78, 5) is 20.4. The summed E-state index contributed by atoms with van der Waals surface area (Å²) in [5.74, 6) is 1.27. The molecule has 1 atom stereocenters. The standard InChI is InChI=1S/C31H36N4O/c1-23-10-6-7-13-27(23)22-35-29-15-9-8-14-28(29)33-31(35)34-20-18-26(19-21-34)30(36)32-24(2)16-17-25-11-4-3-5-12-25/h3-15,24,26H,16-22H2,1-2H3,(H,32,36)/t24-/m0/s1. The van der Waals surface area contributed by atoms with Crippen molar-refractivity contribution in [2.24, 2.45) is 5.92 Å². The van der Waals surface area contributed by atoms with Crippen LogP contribution < -0.4 is 10.2 Å². The zero-order chi connectivity index (χ0) is 24.9. The Morgan fingerprint density at radius 2 is 1.67 bits per heavy atom. The van der Waals surface area contributed by atoms with Crippen molar-refractivity contribution in [3.63, 3.8) is 0 Å². The number of amides is 1. The van der Waals surface area contributed by atoms with E-state index in [2.05, 4.69) is 95.4 Å². The minimum absolute atomic E-state index is 0.0645. The van der Waals surface area contributed by atoms with E-state index in [1.54, 1.807) is 0 Å². The first-order valence-corrected chi connectivity index (χ1v) is 13.2. The second-order valence-corrected chi connectivity index (χ2v) is 10.1. The van der Waals surface area contributed by atoms with Crippen molar-refractivity contribution in [3.05, 3.63) is 95.6 Å². The van der Waals surface area contributed by atoms with Gasteiger partial charge in [0.25, 0.3) is 0 Å². The number of hydrogen-bond donors (Lipinski definition) is 1. The molecule has 5 heteroatoms. The Hall–Kier alpha value is -3.60. The zero-order valence-corrected chi connectivity index (χ0v) is 21.4. The summed E-state index contributed by atoms with van der Waals surface area (Å²) in [5, 5.41) is 3.27. The Bertz CT molecular complexity index is 1300. The molecular weight excluding hydrogens is 444 g/mol. The molecule has 1 amide bonds. The quantitative estimate of drug-likeness (QED) is 0.350. The average Bonchev–Trinajstić information content (AvgIpc) is 3.28. The van der Waals surface area contributed by atoms with Crippen LogP contribution in [0.3, 0.4) is 0 Å². The molecule has 1 N–H and O–H groups in total. The number of benzene rings is 3. The Labute approximate surface area is 214 Å². The molecule has 1 aliphatic rings. The third-order valence-electron chi connectivity index (χ3n) is 7.47. The maximum atomic E-state index is 13.0. The lowest BCUT2D eigenvalue weighted by atomic mass is 9.95. The number of nitrogens with one attached hydrogen (secondary N) is 1. The number of para-hydroxylation sites is 2. The number of aromatic nitrogens is 2. The predicted octanol–water partition coefficient (Wildman–Crippen LogP) is 5.75. The summed E-state index contributed by atoms with van der Waals surface area (Å²) in [5.41, 5.74) is 6.09. The molecule has 5 nitrogen and oxygen atoms in total. The second kappa shape index (κ2) is 11.0. The van der Waals surface area contributed by atoms with Gasteiger partial charge in [0.15, 0.2) is 0 Å². The van der Waals surface area contributed by atoms with Crippen LogP contribution in [0.2, 0.25) is 0 Å². The number of aryl methyl sites for hydroxylation is 2. The summed E-state index contributed by atoms with van der Waals surface area (Å²) < 4.78 is 2.34. The number of imidazole rings is 1. The Morgan fingerprint density at radius 3 is 2.44 bits per heavy atom. The lowest BCUT2D eigenvalue weighted by Crippen LogP contribution is -2.43. The van der Waals surface area contributed by atoms with Crippen LogP contribution in [0.1, 0.15) is 42.9 Å². The number of hydrogen-bond acceptors (Lipinski definition) is 3. The van der Waals surface area contributed by atoms with E-state index < -0.39 is 0 Å². The summed E-state index contributed by atoms with van der Waals surface area (Å²) in [6.07, 6.45) is 3.64. The molecule has 1 saturated heterocycles. The normalized spacial score (nSPS) is 15.2. The number of carbonyl (C=O) groups excluding carboxylic acids is 1. The van der Waals surface area contributed by atoms with E-state index in [0.717, 1.165) is 62.3 Å². The highest BCUT2D eigenvalue weighted by atomic mass is 16.1. The molecule has 0 unspecified atom stereocenters. The van der Waals surface area contributed by atoms with Gasteiger partial charge >= 0.3 is 0 Å². The van der Waals surface area contributed by atoms with Crippen LogP contribution in [0, 0.1) is 12.8 Å². The number of nitrogens with zero attached hydrogens (tertiary/aromatic N) is 3. The molecule has 1 fully saturated rings. The molecule has 5 rings (SSSR count). The lowest BCUT2D eigenvalue weighted by Gasteiger charge is -2.33. The van der Waals surface area contributed by atoms with Crippen LogP contribution in [0.25, 0.3) is 11.0 Å². The largest absolute Gasteiger partial charge is 0.353 e. The lowest BCUT2D eigenvalue weighted by molar-refractivity contribution is -0.126. The fourth-order valence-corrected chi connectivity index (χ4v) is 5.22. The minimum Gasteiger partial charge on any atom is -0.353 e. The van der Waals surface area contributed by atoms with Crippen molar-refractivity contribution in [3.8, 4) is 0 Å². The third-order valence-corrected chi connectivity index (χ3v) is 7.47. The SMILES string of the molecule is Cc1ccccc1Cn1c(N2CCC(C(=O)N[C@@H](C)CCc3ccccc3)CC2)nc2ccccc21. The summed E-state index contributed by atoms with van der Waals surface area (Å²) in [7, 11) is 0. The van der Waals surface area contributed by atoms with Crippen molar-refractivity contribution < 1.29 is 4.79 Å². The molecule has 36 heavy (non-hydrogen) atoms. The highest BCUT2D eigenvalue weighted by Gasteiger charge is 2.28. The zero-order valence-electron chi connectivity index (χ0n) is 21.4. The van der Waals surface area contributed by atoms with Crippen LogP contribution in [0.15, 0.2) is 78.9 Å². The molecule has 3 aromatic carbocycles. The fourth-order valence-electron chi connectivity index (χ4n) is 5.22. The van der Waals surface area contributed by atoms with E-state index in [4.69, 9.17) is 4.98 Å². The van der Waals surface area contributed by atoms with Gasteiger partial charge in [-0.05, 0) is 68.4 Å². The van der Waals surface area contributed by atoms with Crippen molar-refractivity contribution in [2.75, 3.05) is 18.0 Å². The van der Waals surface area contributed by atoms with E-state index in [1.165, 1.54) is 16.7 Å². The maximum absolute atomic E-state index is 13.0. The van der Waals surface area contributed by atoms with Crippen LogP contribution in [0.4, 0.5) is 5.95 Å². The molecular formula is C31H36N4O. The van der Waals surface area contributed by atoms with Crippen molar-refractivity contribution in [1.29, 1.82) is 0 Å². The predicted molar refractivity (Wildman–Crippen MR) is 147 cm³/mol. The van der Waals surface area contributed by atoms with Gasteiger partial charge in [0.1, 0.15) is 0 Å². The topological polar surface area (TPSA) is 50.2 Å². The molecule has 0 spiro atoms.